The lowest BCUT2D eigenvalue weighted by atomic mass is 10.1. The van der Waals surface area contributed by atoms with Crippen molar-refractivity contribution in [2.75, 3.05) is 19.6 Å². The van der Waals surface area contributed by atoms with Crippen LogP contribution in [0, 0.1) is 0 Å². The number of guanidine groups is 1. The van der Waals surface area contributed by atoms with Crippen LogP contribution in [-0.2, 0) is 12.8 Å². The molecular formula is C18H25N3OS. The fourth-order valence-electron chi connectivity index (χ4n) is 2.24. The minimum Gasteiger partial charge on any atom is -0.508 e. The van der Waals surface area contributed by atoms with Crippen LogP contribution in [0.2, 0.25) is 0 Å². The van der Waals surface area contributed by atoms with Crippen molar-refractivity contribution in [3.8, 4) is 5.75 Å². The van der Waals surface area contributed by atoms with Crippen molar-refractivity contribution < 1.29 is 5.11 Å². The lowest BCUT2D eigenvalue weighted by molar-refractivity contribution is 0.475. The minimum absolute atomic E-state index is 0.316. The van der Waals surface area contributed by atoms with Gasteiger partial charge < -0.3 is 15.7 Å². The molecule has 0 saturated carbocycles. The van der Waals surface area contributed by atoms with Gasteiger partial charge in [0.15, 0.2) is 5.96 Å². The molecule has 1 heterocycles. The number of phenolic OH excluding ortho intramolecular Hbond substituents is 1. The molecule has 0 aliphatic rings. The highest BCUT2D eigenvalue weighted by molar-refractivity contribution is 7.09. The summed E-state index contributed by atoms with van der Waals surface area (Å²) in [7, 11) is 0. The third-order valence-corrected chi connectivity index (χ3v) is 4.35. The van der Waals surface area contributed by atoms with Gasteiger partial charge in [-0.05, 0) is 55.3 Å². The van der Waals surface area contributed by atoms with E-state index in [0.717, 1.165) is 44.9 Å². The van der Waals surface area contributed by atoms with Crippen LogP contribution in [0.25, 0.3) is 0 Å². The Morgan fingerprint density at radius 3 is 2.65 bits per heavy atom. The number of aryl methyl sites for hydroxylation is 1. The van der Waals surface area contributed by atoms with Gasteiger partial charge in [0.1, 0.15) is 5.75 Å². The van der Waals surface area contributed by atoms with Crippen molar-refractivity contribution in [1.82, 2.24) is 10.6 Å². The summed E-state index contributed by atoms with van der Waals surface area (Å²) in [6.45, 7) is 4.62. The second-order valence-electron chi connectivity index (χ2n) is 5.29. The average molecular weight is 331 g/mol. The third-order valence-electron chi connectivity index (χ3n) is 3.42. The van der Waals surface area contributed by atoms with Gasteiger partial charge in [-0.2, -0.15) is 0 Å². The van der Waals surface area contributed by atoms with Gasteiger partial charge >= 0.3 is 0 Å². The van der Waals surface area contributed by atoms with Crippen molar-refractivity contribution >= 4 is 17.3 Å². The molecule has 0 saturated heterocycles. The number of hydrogen-bond donors (Lipinski definition) is 3. The van der Waals surface area contributed by atoms with Crippen LogP contribution < -0.4 is 10.6 Å². The number of benzene rings is 1. The van der Waals surface area contributed by atoms with Crippen molar-refractivity contribution in [2.24, 2.45) is 4.99 Å². The van der Waals surface area contributed by atoms with Gasteiger partial charge in [-0.15, -0.1) is 11.3 Å². The summed E-state index contributed by atoms with van der Waals surface area (Å²) in [5.41, 5.74) is 1.23. The Kier molecular flexibility index (Phi) is 7.46. The summed E-state index contributed by atoms with van der Waals surface area (Å²) in [5, 5.41) is 18.0. The molecule has 0 bridgehead atoms. The van der Waals surface area contributed by atoms with Crippen LogP contribution in [0.15, 0.2) is 46.8 Å². The number of rotatable bonds is 8. The predicted octanol–water partition coefficient (Wildman–Crippen LogP) is 3.18. The summed E-state index contributed by atoms with van der Waals surface area (Å²) in [4.78, 5) is 6.00. The minimum atomic E-state index is 0.316. The van der Waals surface area contributed by atoms with E-state index in [9.17, 15) is 5.11 Å². The second kappa shape index (κ2) is 9.90. The van der Waals surface area contributed by atoms with E-state index >= 15 is 0 Å². The molecule has 0 aliphatic carbocycles. The molecule has 0 atom stereocenters. The van der Waals surface area contributed by atoms with E-state index in [4.69, 9.17) is 0 Å². The number of nitrogens with one attached hydrogen (secondary N) is 2. The van der Waals surface area contributed by atoms with Crippen LogP contribution in [0.3, 0.4) is 0 Å². The maximum atomic E-state index is 9.27. The molecule has 0 radical (unpaired) electrons. The summed E-state index contributed by atoms with van der Waals surface area (Å²) in [6.07, 6.45) is 2.99. The number of hydrogen-bond acceptors (Lipinski definition) is 3. The molecule has 0 unspecified atom stereocenters. The highest BCUT2D eigenvalue weighted by Gasteiger charge is 1.99. The molecule has 124 valence electrons. The molecule has 0 spiro atoms. The van der Waals surface area contributed by atoms with Gasteiger partial charge in [-0.3, -0.25) is 4.99 Å². The van der Waals surface area contributed by atoms with Crippen LogP contribution in [0.5, 0.6) is 5.75 Å². The number of aromatic hydroxyl groups is 1. The van der Waals surface area contributed by atoms with E-state index in [1.807, 2.05) is 12.1 Å². The van der Waals surface area contributed by atoms with Gasteiger partial charge in [-0.1, -0.05) is 18.2 Å². The molecule has 5 heteroatoms. The highest BCUT2D eigenvalue weighted by Crippen LogP contribution is 2.11. The smallest absolute Gasteiger partial charge is 0.191 e. The standard InChI is InChI=1S/C18H25N3OS/c1-2-19-18(21-13-11-17-6-4-14-23-17)20-12-3-5-15-7-9-16(22)10-8-15/h4,6-10,14,22H,2-3,5,11-13H2,1H3,(H2,19,20,21). The Morgan fingerprint density at radius 1 is 1.13 bits per heavy atom. The maximum absolute atomic E-state index is 9.27. The average Bonchev–Trinajstić information content (AvgIpc) is 3.06. The topological polar surface area (TPSA) is 56.7 Å². The summed E-state index contributed by atoms with van der Waals surface area (Å²) in [6, 6.07) is 11.6. The van der Waals surface area contributed by atoms with E-state index in [2.05, 4.69) is 40.1 Å². The lowest BCUT2D eigenvalue weighted by Gasteiger charge is -2.10. The molecule has 0 amide bonds. The van der Waals surface area contributed by atoms with Crippen LogP contribution in [0.4, 0.5) is 0 Å². The van der Waals surface area contributed by atoms with Gasteiger partial charge in [0.25, 0.3) is 0 Å². The normalized spacial score (nSPS) is 11.4. The molecule has 0 aliphatic heterocycles. The molecule has 23 heavy (non-hydrogen) atoms. The Labute approximate surface area is 142 Å². The van der Waals surface area contributed by atoms with E-state index < -0.39 is 0 Å². The first-order valence-electron chi connectivity index (χ1n) is 8.10. The molecule has 1 aromatic carbocycles. The van der Waals surface area contributed by atoms with E-state index in [1.165, 1.54) is 10.4 Å². The highest BCUT2D eigenvalue weighted by atomic mass is 32.1. The summed E-state index contributed by atoms with van der Waals surface area (Å²) in [5.74, 6) is 1.20. The Morgan fingerprint density at radius 2 is 1.96 bits per heavy atom. The largest absolute Gasteiger partial charge is 0.508 e. The predicted molar refractivity (Wildman–Crippen MR) is 98.4 cm³/mol. The van der Waals surface area contributed by atoms with Crippen molar-refractivity contribution in [1.29, 1.82) is 0 Å². The lowest BCUT2D eigenvalue weighted by Crippen LogP contribution is -2.38. The van der Waals surface area contributed by atoms with Crippen molar-refractivity contribution in [2.45, 2.75) is 26.2 Å². The fourth-order valence-corrected chi connectivity index (χ4v) is 2.95. The maximum Gasteiger partial charge on any atom is 0.191 e. The Bertz CT molecular complexity index is 579. The van der Waals surface area contributed by atoms with Gasteiger partial charge in [-0.25, -0.2) is 0 Å². The number of aliphatic imine (C=N–C) groups is 1. The zero-order valence-corrected chi connectivity index (χ0v) is 14.4. The van der Waals surface area contributed by atoms with Gasteiger partial charge in [0.05, 0.1) is 0 Å². The quantitative estimate of drug-likeness (QED) is 0.395. The number of nitrogens with zero attached hydrogens (tertiary/aromatic N) is 1. The molecule has 0 fully saturated rings. The molecule has 2 aromatic rings. The fraction of sp³-hybridized carbons (Fsp3) is 0.389. The van der Waals surface area contributed by atoms with Crippen molar-refractivity contribution in [3.05, 3.63) is 52.2 Å². The Hall–Kier alpha value is -2.01. The SMILES string of the molecule is CCNC(=NCCCc1ccc(O)cc1)NCCc1cccs1. The molecular weight excluding hydrogens is 306 g/mol. The van der Waals surface area contributed by atoms with E-state index in [-0.39, 0.29) is 0 Å². The molecule has 4 nitrogen and oxygen atoms in total. The third kappa shape index (κ3) is 6.74. The molecule has 1 aromatic heterocycles. The number of thiophene rings is 1. The van der Waals surface area contributed by atoms with Gasteiger partial charge in [0, 0.05) is 24.5 Å². The van der Waals surface area contributed by atoms with Gasteiger partial charge in [0.2, 0.25) is 0 Å². The monoisotopic (exact) mass is 331 g/mol. The van der Waals surface area contributed by atoms with Crippen LogP contribution >= 0.6 is 11.3 Å². The van der Waals surface area contributed by atoms with E-state index in [1.54, 1.807) is 23.5 Å². The first kappa shape index (κ1) is 17.3. The Balaban J connectivity index is 1.70. The second-order valence-corrected chi connectivity index (χ2v) is 6.32. The molecule has 2 rings (SSSR count). The van der Waals surface area contributed by atoms with Crippen molar-refractivity contribution in [3.63, 3.8) is 0 Å². The zero-order valence-electron chi connectivity index (χ0n) is 13.6. The van der Waals surface area contributed by atoms with Crippen LogP contribution in [0.1, 0.15) is 23.8 Å². The summed E-state index contributed by atoms with van der Waals surface area (Å²) >= 11 is 1.79. The molecule has 3 N–H and O–H groups in total. The van der Waals surface area contributed by atoms with E-state index in [0.29, 0.717) is 5.75 Å². The van der Waals surface area contributed by atoms with Crippen LogP contribution in [-0.4, -0.2) is 30.7 Å². The zero-order chi connectivity index (χ0) is 16.3. The summed E-state index contributed by atoms with van der Waals surface area (Å²) < 4.78 is 0. The number of phenols is 1. The first-order chi connectivity index (χ1) is 11.3. The first-order valence-corrected chi connectivity index (χ1v) is 8.98.